The lowest BCUT2D eigenvalue weighted by Gasteiger charge is -2.21. The Kier molecular flexibility index (Phi) is 9.53. The van der Waals surface area contributed by atoms with E-state index in [1.54, 1.807) is 6.08 Å². The predicted octanol–water partition coefficient (Wildman–Crippen LogP) is 7.91. The van der Waals surface area contributed by atoms with Crippen LogP contribution in [0.5, 0.6) is 0 Å². The Labute approximate surface area is 155 Å². The van der Waals surface area contributed by atoms with Gasteiger partial charge in [0.15, 0.2) is 0 Å². The Hall–Kier alpha value is -2.34. The van der Waals surface area contributed by atoms with E-state index in [4.69, 9.17) is 0 Å². The van der Waals surface area contributed by atoms with Crippen molar-refractivity contribution in [1.82, 2.24) is 0 Å². The van der Waals surface area contributed by atoms with Crippen molar-refractivity contribution in [3.8, 4) is 0 Å². The van der Waals surface area contributed by atoms with E-state index < -0.39 is 0 Å². The first-order valence-corrected chi connectivity index (χ1v) is 9.10. The zero-order chi connectivity index (χ0) is 19.6. The number of hydrogen-bond donors (Lipinski definition) is 0. The third kappa shape index (κ3) is 4.60. The summed E-state index contributed by atoms with van der Waals surface area (Å²) in [6.45, 7) is 28.2. The fourth-order valence-corrected chi connectivity index (χ4v) is 2.85. The van der Waals surface area contributed by atoms with Gasteiger partial charge in [-0.25, -0.2) is 0 Å². The number of fused-ring (bicyclic) bond motifs is 1. The van der Waals surface area contributed by atoms with E-state index >= 15 is 0 Å². The largest absolute Gasteiger partial charge is 0.0990 e. The number of rotatable bonds is 4. The lowest BCUT2D eigenvalue weighted by Crippen LogP contribution is -2.14. The van der Waals surface area contributed by atoms with E-state index in [9.17, 15) is 0 Å². The number of allylic oxidation sites excluding steroid dienone is 8. The second-order valence-electron chi connectivity index (χ2n) is 5.74. The minimum Gasteiger partial charge on any atom is -0.0990 e. The molecule has 0 bridgehead atoms. The lowest BCUT2D eigenvalue weighted by molar-refractivity contribution is 0.663. The Morgan fingerprint density at radius 2 is 1.56 bits per heavy atom. The standard InChI is InChI=1S/C21H22.2C2H6/c1-7-10-16(9-3)17-12-13-19-18(11-8-2)15(4)21(5,6)20(19)14-17;2*1-2/h7-14H,1-4H2,5-6H3;2*1-2H3/b16-10+,18-11+;;. The Morgan fingerprint density at radius 1 is 0.960 bits per heavy atom. The van der Waals surface area contributed by atoms with Crippen LogP contribution in [0.1, 0.15) is 58.2 Å². The van der Waals surface area contributed by atoms with Crippen molar-refractivity contribution in [3.05, 3.63) is 97.2 Å². The summed E-state index contributed by atoms with van der Waals surface area (Å²) in [5.41, 5.74) is 7.04. The molecule has 1 aliphatic carbocycles. The zero-order valence-electron chi connectivity index (χ0n) is 16.9. The summed E-state index contributed by atoms with van der Waals surface area (Å²) in [7, 11) is 0. The van der Waals surface area contributed by atoms with Crippen molar-refractivity contribution in [3.63, 3.8) is 0 Å². The normalized spacial score (nSPS) is 16.0. The van der Waals surface area contributed by atoms with Crippen molar-refractivity contribution >= 4 is 11.1 Å². The van der Waals surface area contributed by atoms with Gasteiger partial charge in [0.2, 0.25) is 0 Å². The van der Waals surface area contributed by atoms with Crippen LogP contribution in [0.2, 0.25) is 0 Å². The number of hydrogen-bond acceptors (Lipinski definition) is 0. The first-order valence-electron chi connectivity index (χ1n) is 9.10. The molecule has 0 radical (unpaired) electrons. The second kappa shape index (κ2) is 10.5. The SMILES string of the molecule is C=C/C=C(\C=C)c1ccc2c(c1)C(C)(C)C(=C)/C2=C\C=C.CC.CC. The van der Waals surface area contributed by atoms with Gasteiger partial charge in [-0.1, -0.05) is 110 Å². The summed E-state index contributed by atoms with van der Waals surface area (Å²) in [6.07, 6.45) is 9.50. The Morgan fingerprint density at radius 3 is 2.04 bits per heavy atom. The average molecular weight is 335 g/mol. The van der Waals surface area contributed by atoms with Gasteiger partial charge in [-0.15, -0.1) is 0 Å². The molecule has 0 fully saturated rings. The predicted molar refractivity (Wildman–Crippen MR) is 118 cm³/mol. The molecule has 0 N–H and O–H groups in total. The van der Waals surface area contributed by atoms with E-state index in [1.165, 1.54) is 16.7 Å². The van der Waals surface area contributed by atoms with E-state index in [2.05, 4.69) is 58.4 Å². The van der Waals surface area contributed by atoms with Crippen LogP contribution in [0, 0.1) is 0 Å². The molecule has 134 valence electrons. The molecule has 0 nitrogen and oxygen atoms in total. The van der Waals surface area contributed by atoms with Gasteiger partial charge in [-0.2, -0.15) is 0 Å². The molecule has 1 aromatic carbocycles. The van der Waals surface area contributed by atoms with Gasteiger partial charge in [0, 0.05) is 5.41 Å². The molecule has 0 heterocycles. The van der Waals surface area contributed by atoms with Crippen LogP contribution in [0.25, 0.3) is 11.1 Å². The van der Waals surface area contributed by atoms with Crippen LogP contribution in [0.4, 0.5) is 0 Å². The molecule has 0 aromatic heterocycles. The first-order chi connectivity index (χ1) is 12.0. The van der Waals surface area contributed by atoms with Gasteiger partial charge in [-0.3, -0.25) is 0 Å². The highest BCUT2D eigenvalue weighted by Crippen LogP contribution is 2.49. The monoisotopic (exact) mass is 334 g/mol. The maximum Gasteiger partial charge on any atom is 0.0153 e. The minimum atomic E-state index is -0.0688. The highest BCUT2D eigenvalue weighted by atomic mass is 14.4. The van der Waals surface area contributed by atoms with Crippen molar-refractivity contribution in [1.29, 1.82) is 0 Å². The van der Waals surface area contributed by atoms with E-state index in [1.807, 2.05) is 52.0 Å². The van der Waals surface area contributed by atoms with Crippen molar-refractivity contribution in [2.24, 2.45) is 0 Å². The maximum absolute atomic E-state index is 4.29. The minimum absolute atomic E-state index is 0.0688. The molecular weight excluding hydrogens is 300 g/mol. The van der Waals surface area contributed by atoms with E-state index in [-0.39, 0.29) is 5.41 Å². The van der Waals surface area contributed by atoms with Gasteiger partial charge in [-0.05, 0) is 39.5 Å². The topological polar surface area (TPSA) is 0 Å². The van der Waals surface area contributed by atoms with Gasteiger partial charge >= 0.3 is 0 Å². The summed E-state index contributed by atoms with van der Waals surface area (Å²) in [5, 5.41) is 0. The van der Waals surface area contributed by atoms with E-state index in [0.717, 1.165) is 16.7 Å². The Balaban J connectivity index is 0.00000134. The second-order valence-corrected chi connectivity index (χ2v) is 5.74. The van der Waals surface area contributed by atoms with Gasteiger partial charge in [0.1, 0.15) is 0 Å². The summed E-state index contributed by atoms with van der Waals surface area (Å²) < 4.78 is 0. The van der Waals surface area contributed by atoms with Crippen molar-refractivity contribution < 1.29 is 0 Å². The van der Waals surface area contributed by atoms with Gasteiger partial charge in [0.05, 0.1) is 0 Å². The molecule has 0 amide bonds. The van der Waals surface area contributed by atoms with Crippen LogP contribution in [0.15, 0.2) is 80.5 Å². The molecular formula is C25H34. The summed E-state index contributed by atoms with van der Waals surface area (Å²) >= 11 is 0. The lowest BCUT2D eigenvalue weighted by atomic mass is 9.82. The fourth-order valence-electron chi connectivity index (χ4n) is 2.85. The highest BCUT2D eigenvalue weighted by Gasteiger charge is 2.36. The molecule has 0 atom stereocenters. The van der Waals surface area contributed by atoms with E-state index in [0.29, 0.717) is 0 Å². The molecule has 0 heteroatoms. The molecule has 0 unspecified atom stereocenters. The molecule has 1 aliphatic rings. The molecule has 25 heavy (non-hydrogen) atoms. The van der Waals surface area contributed by atoms with Crippen LogP contribution < -0.4 is 0 Å². The Bertz CT molecular complexity index is 691. The molecule has 0 aliphatic heterocycles. The van der Waals surface area contributed by atoms with Crippen LogP contribution in [-0.2, 0) is 5.41 Å². The summed E-state index contributed by atoms with van der Waals surface area (Å²) in [6, 6.07) is 6.53. The number of benzene rings is 1. The summed E-state index contributed by atoms with van der Waals surface area (Å²) in [4.78, 5) is 0. The molecule has 1 aromatic rings. The molecule has 2 rings (SSSR count). The third-order valence-electron chi connectivity index (χ3n) is 4.20. The smallest absolute Gasteiger partial charge is 0.0153 e. The fraction of sp³-hybridized carbons (Fsp3) is 0.280. The van der Waals surface area contributed by atoms with Crippen LogP contribution >= 0.6 is 0 Å². The van der Waals surface area contributed by atoms with Gasteiger partial charge in [0.25, 0.3) is 0 Å². The third-order valence-corrected chi connectivity index (χ3v) is 4.20. The van der Waals surface area contributed by atoms with Crippen molar-refractivity contribution in [2.75, 3.05) is 0 Å². The maximum atomic E-state index is 4.29. The van der Waals surface area contributed by atoms with Gasteiger partial charge < -0.3 is 0 Å². The van der Waals surface area contributed by atoms with Crippen molar-refractivity contribution in [2.45, 2.75) is 47.0 Å². The van der Waals surface area contributed by atoms with Crippen LogP contribution in [0.3, 0.4) is 0 Å². The average Bonchev–Trinajstić information content (AvgIpc) is 2.84. The highest BCUT2D eigenvalue weighted by molar-refractivity contribution is 5.91. The zero-order valence-corrected chi connectivity index (χ0v) is 16.9. The van der Waals surface area contributed by atoms with Crippen LogP contribution in [-0.4, -0.2) is 0 Å². The molecule has 0 saturated carbocycles. The summed E-state index contributed by atoms with van der Waals surface area (Å²) in [5.74, 6) is 0. The molecule has 0 spiro atoms. The molecule has 0 saturated heterocycles. The first kappa shape index (κ1) is 22.7. The quantitative estimate of drug-likeness (QED) is 0.491.